The van der Waals surface area contributed by atoms with Crippen molar-refractivity contribution in [2.45, 2.75) is 17.4 Å². The van der Waals surface area contributed by atoms with Crippen molar-refractivity contribution in [3.63, 3.8) is 0 Å². The Morgan fingerprint density at radius 3 is 2.92 bits per heavy atom. The van der Waals surface area contributed by atoms with Gasteiger partial charge in [0.1, 0.15) is 0 Å². The first-order chi connectivity index (χ1) is 12.2. The lowest BCUT2D eigenvalue weighted by molar-refractivity contribution is 0.0995. The second-order valence-electron chi connectivity index (χ2n) is 5.49. The Kier molecular flexibility index (Phi) is 4.07. The first-order valence-electron chi connectivity index (χ1n) is 7.73. The van der Waals surface area contributed by atoms with Crippen molar-refractivity contribution in [2.24, 2.45) is 0 Å². The van der Waals surface area contributed by atoms with E-state index in [0.717, 1.165) is 16.5 Å². The highest BCUT2D eigenvalue weighted by Gasteiger charge is 2.22. The van der Waals surface area contributed by atoms with Crippen molar-refractivity contribution in [3.05, 3.63) is 60.6 Å². The Morgan fingerprint density at radius 1 is 1.20 bits per heavy atom. The largest absolute Gasteiger partial charge is 0.411 e. The number of pyridine rings is 1. The molecule has 0 fully saturated rings. The van der Waals surface area contributed by atoms with Gasteiger partial charge in [-0.25, -0.2) is 0 Å². The second-order valence-corrected chi connectivity index (χ2v) is 6.78. The third-order valence-corrected chi connectivity index (χ3v) is 4.75. The predicted molar refractivity (Wildman–Crippen MR) is 95.5 cm³/mol. The van der Waals surface area contributed by atoms with Crippen LogP contribution in [0, 0.1) is 0 Å². The molecular formula is C18H14N4O2S. The van der Waals surface area contributed by atoms with Crippen LogP contribution in [0.1, 0.15) is 17.3 Å². The number of benzene rings is 1. The normalized spacial score (nSPS) is 12.4. The first-order valence-corrected chi connectivity index (χ1v) is 8.61. The molecule has 7 heteroatoms. The molecule has 124 valence electrons. The molecule has 0 aliphatic heterocycles. The number of carbonyl (C=O) groups excluding carboxylic acids is 1. The highest BCUT2D eigenvalue weighted by atomic mass is 32.2. The lowest BCUT2D eigenvalue weighted by Crippen LogP contribution is -2.13. The monoisotopic (exact) mass is 350 g/mol. The molecule has 1 atom stereocenters. The number of fused-ring (bicyclic) bond motifs is 1. The Bertz CT molecular complexity index is 1030. The van der Waals surface area contributed by atoms with Crippen LogP contribution >= 0.6 is 11.8 Å². The number of carbonyl (C=O) groups is 1. The van der Waals surface area contributed by atoms with Gasteiger partial charge in [-0.2, -0.15) is 0 Å². The van der Waals surface area contributed by atoms with Crippen molar-refractivity contribution in [1.82, 2.24) is 20.2 Å². The zero-order valence-corrected chi connectivity index (χ0v) is 14.2. The highest BCUT2D eigenvalue weighted by Crippen LogP contribution is 2.29. The smallest absolute Gasteiger partial charge is 0.277 e. The summed E-state index contributed by atoms with van der Waals surface area (Å²) in [4.78, 5) is 19.9. The molecule has 6 nitrogen and oxygen atoms in total. The van der Waals surface area contributed by atoms with E-state index in [0.29, 0.717) is 16.7 Å². The van der Waals surface area contributed by atoms with Gasteiger partial charge in [-0.05, 0) is 25.1 Å². The van der Waals surface area contributed by atoms with Crippen LogP contribution in [0.2, 0.25) is 0 Å². The number of aromatic amines is 1. The standard InChI is InChI=1S/C18H14N4O2S/c1-11(16(23)14-10-20-15-7-3-2-6-13(14)15)25-18-22-21-17(24-18)12-5-4-8-19-9-12/h2-11,20H,1H3. The van der Waals surface area contributed by atoms with Gasteiger partial charge in [0.25, 0.3) is 5.22 Å². The van der Waals surface area contributed by atoms with Gasteiger partial charge in [-0.15, -0.1) is 10.2 Å². The van der Waals surface area contributed by atoms with Crippen molar-refractivity contribution >= 4 is 28.4 Å². The minimum Gasteiger partial charge on any atom is -0.411 e. The maximum atomic E-state index is 12.8. The second kappa shape index (κ2) is 6.52. The summed E-state index contributed by atoms with van der Waals surface area (Å²) in [5, 5.41) is 8.97. The highest BCUT2D eigenvalue weighted by molar-refractivity contribution is 8.00. The molecule has 0 saturated heterocycles. The van der Waals surface area contributed by atoms with Gasteiger partial charge in [0, 0.05) is 35.1 Å². The van der Waals surface area contributed by atoms with Gasteiger partial charge in [0.05, 0.1) is 10.8 Å². The molecule has 0 saturated carbocycles. The summed E-state index contributed by atoms with van der Waals surface area (Å²) in [6.45, 7) is 1.84. The van der Waals surface area contributed by atoms with E-state index in [1.54, 1.807) is 24.7 Å². The van der Waals surface area contributed by atoms with Gasteiger partial charge in [-0.1, -0.05) is 30.0 Å². The molecule has 0 aliphatic carbocycles. The number of hydrogen-bond donors (Lipinski definition) is 1. The number of Topliss-reactive ketones (excluding diaryl/α,β-unsaturated/α-hetero) is 1. The molecule has 0 aliphatic rings. The Morgan fingerprint density at radius 2 is 2.08 bits per heavy atom. The van der Waals surface area contributed by atoms with E-state index in [4.69, 9.17) is 4.42 Å². The fraction of sp³-hybridized carbons (Fsp3) is 0.111. The van der Waals surface area contributed by atoms with Gasteiger partial charge in [-0.3, -0.25) is 9.78 Å². The average Bonchev–Trinajstić information content (AvgIpc) is 3.29. The fourth-order valence-corrected chi connectivity index (χ4v) is 3.31. The van der Waals surface area contributed by atoms with Crippen LogP contribution in [-0.4, -0.2) is 31.2 Å². The number of para-hydroxylation sites is 1. The van der Waals surface area contributed by atoms with Crippen molar-refractivity contribution in [1.29, 1.82) is 0 Å². The molecule has 1 N–H and O–H groups in total. The predicted octanol–water partition coefficient (Wildman–Crippen LogP) is 3.98. The number of thioether (sulfide) groups is 1. The number of H-pyrrole nitrogens is 1. The van der Waals surface area contributed by atoms with Crippen LogP contribution in [-0.2, 0) is 0 Å². The molecule has 0 radical (unpaired) electrons. The summed E-state index contributed by atoms with van der Waals surface area (Å²) in [5.74, 6) is 0.408. The van der Waals surface area contributed by atoms with Crippen LogP contribution < -0.4 is 0 Å². The summed E-state index contributed by atoms with van der Waals surface area (Å²) >= 11 is 1.25. The molecule has 0 amide bonds. The topological polar surface area (TPSA) is 84.7 Å². The zero-order valence-electron chi connectivity index (χ0n) is 13.3. The Labute approximate surface area is 147 Å². The van der Waals surface area contributed by atoms with E-state index in [9.17, 15) is 4.79 Å². The number of nitrogens with one attached hydrogen (secondary N) is 1. The number of rotatable bonds is 5. The average molecular weight is 350 g/mol. The molecule has 3 heterocycles. The summed E-state index contributed by atoms with van der Waals surface area (Å²) < 4.78 is 5.64. The van der Waals surface area contributed by atoms with Crippen molar-refractivity contribution < 1.29 is 9.21 Å². The van der Waals surface area contributed by atoms with E-state index in [1.807, 2.05) is 37.3 Å². The molecule has 0 spiro atoms. The van der Waals surface area contributed by atoms with Crippen LogP contribution in [0.3, 0.4) is 0 Å². The molecule has 1 aromatic carbocycles. The SMILES string of the molecule is CC(Sc1nnc(-c2cccnc2)o1)C(=O)c1c[nH]c2ccccc12. The van der Waals surface area contributed by atoms with Gasteiger partial charge < -0.3 is 9.40 Å². The van der Waals surface area contributed by atoms with Crippen LogP contribution in [0.5, 0.6) is 0 Å². The van der Waals surface area contributed by atoms with Gasteiger partial charge >= 0.3 is 0 Å². The maximum Gasteiger partial charge on any atom is 0.277 e. The molecule has 0 bridgehead atoms. The summed E-state index contributed by atoms with van der Waals surface area (Å²) in [5.41, 5.74) is 2.36. The maximum absolute atomic E-state index is 12.8. The fourth-order valence-electron chi connectivity index (χ4n) is 2.56. The van der Waals surface area contributed by atoms with Crippen molar-refractivity contribution in [3.8, 4) is 11.5 Å². The van der Waals surface area contributed by atoms with Crippen LogP contribution in [0.15, 0.2) is 64.6 Å². The molecule has 3 aromatic heterocycles. The lowest BCUT2D eigenvalue weighted by atomic mass is 10.1. The first kappa shape index (κ1) is 15.6. The van der Waals surface area contributed by atoms with E-state index < -0.39 is 0 Å². The Hall–Kier alpha value is -2.93. The van der Waals surface area contributed by atoms with E-state index in [2.05, 4.69) is 20.2 Å². The quantitative estimate of drug-likeness (QED) is 0.433. The molecule has 1 unspecified atom stereocenters. The van der Waals surface area contributed by atoms with Crippen LogP contribution in [0.25, 0.3) is 22.4 Å². The van der Waals surface area contributed by atoms with Gasteiger partial charge in [0.15, 0.2) is 5.78 Å². The number of nitrogens with zero attached hydrogens (tertiary/aromatic N) is 3. The lowest BCUT2D eigenvalue weighted by Gasteiger charge is -2.06. The minimum absolute atomic E-state index is 0.0172. The van der Waals surface area contributed by atoms with Crippen molar-refractivity contribution in [2.75, 3.05) is 0 Å². The minimum atomic E-state index is -0.346. The summed E-state index contributed by atoms with van der Waals surface area (Å²) in [7, 11) is 0. The molecule has 4 rings (SSSR count). The van der Waals surface area contributed by atoms with E-state index >= 15 is 0 Å². The number of aromatic nitrogens is 4. The molecular weight excluding hydrogens is 336 g/mol. The number of hydrogen-bond acceptors (Lipinski definition) is 6. The van der Waals surface area contributed by atoms with Crippen LogP contribution in [0.4, 0.5) is 0 Å². The number of ketones is 1. The van der Waals surface area contributed by atoms with E-state index in [1.165, 1.54) is 11.8 Å². The molecule has 25 heavy (non-hydrogen) atoms. The summed E-state index contributed by atoms with van der Waals surface area (Å²) in [6, 6.07) is 11.4. The molecule has 4 aromatic rings. The third-order valence-electron chi connectivity index (χ3n) is 3.82. The third kappa shape index (κ3) is 3.06. The zero-order chi connectivity index (χ0) is 17.2. The van der Waals surface area contributed by atoms with Gasteiger partial charge in [0.2, 0.25) is 5.89 Å². The Balaban J connectivity index is 1.53. The van der Waals surface area contributed by atoms with E-state index in [-0.39, 0.29) is 11.0 Å². The summed E-state index contributed by atoms with van der Waals surface area (Å²) in [6.07, 6.45) is 5.08.